The van der Waals surface area contributed by atoms with Crippen LogP contribution in [0.4, 0.5) is 0 Å². The average molecular weight is 954 g/mol. The number of unbranched alkanes of at least 4 members (excludes halogenated alkanes) is 18. The molecule has 1 aromatic carbocycles. The Morgan fingerprint density at radius 1 is 0.500 bits per heavy atom. The highest BCUT2D eigenvalue weighted by atomic mass is 79.9. The van der Waals surface area contributed by atoms with E-state index in [1.165, 1.54) is 89.9 Å². The summed E-state index contributed by atoms with van der Waals surface area (Å²) >= 11 is 0. The van der Waals surface area contributed by atoms with Crippen LogP contribution in [0.25, 0.3) is 0 Å². The first-order valence-electron chi connectivity index (χ1n) is 22.9. The number of ether oxygens (including phenoxy) is 2. The molecule has 7 nitrogen and oxygen atoms in total. The maximum Gasteiger partial charge on any atom is 0.337 e. The minimum atomic E-state index is -0.662. The first-order chi connectivity index (χ1) is 28.4. The Kier molecular flexibility index (Phi) is 27.8. The smallest absolute Gasteiger partial charge is 0.337 e. The number of pyridine rings is 2. The number of carbonyl (C=O) groups is 2. The number of dihydropyridines is 1. The lowest BCUT2D eigenvalue weighted by Gasteiger charge is -2.31. The maximum atomic E-state index is 14.5. The van der Waals surface area contributed by atoms with E-state index in [1.54, 1.807) is 0 Å². The Hall–Kier alpha value is -3.30. The Morgan fingerprint density at radius 3 is 1.18 bits per heavy atom. The monoisotopic (exact) mass is 951 g/mol. The summed E-state index contributed by atoms with van der Waals surface area (Å²) in [5.74, 6) is -1.44. The molecule has 332 valence electrons. The van der Waals surface area contributed by atoms with Crippen molar-refractivity contribution in [3.63, 3.8) is 0 Å². The Balaban J connectivity index is 0.00000620. The Morgan fingerprint density at radius 2 is 0.833 bits per heavy atom. The van der Waals surface area contributed by atoms with Crippen molar-refractivity contribution in [2.24, 2.45) is 0 Å². The van der Waals surface area contributed by atoms with Crippen molar-refractivity contribution in [3.05, 3.63) is 119 Å². The molecular formula is C51H75Br2N3O4. The first kappa shape index (κ1) is 52.8. The number of carbonyl (C=O) groups excluding carboxylic acids is 2. The third-order valence-electron chi connectivity index (χ3n) is 11.4. The molecule has 2 aromatic heterocycles. The largest absolute Gasteiger partial charge is 1.00 e. The molecule has 9 heteroatoms. The van der Waals surface area contributed by atoms with E-state index >= 15 is 0 Å². The SMILES string of the molecule is CCCCCCCCCCCCOC(=O)C1=C(C[n+]2ccc(C)cc2)NC(C[n+]2ccc(C)cc2)=C(C(=O)OCCCCCCCCCCCC)C1c1ccccc1.[Br-].[Br-]. The normalized spacial score (nSPS) is 12.7. The van der Waals surface area contributed by atoms with Gasteiger partial charge in [0.2, 0.25) is 0 Å². The molecule has 1 aliphatic heterocycles. The van der Waals surface area contributed by atoms with Gasteiger partial charge >= 0.3 is 11.9 Å². The van der Waals surface area contributed by atoms with Crippen molar-refractivity contribution in [3.8, 4) is 0 Å². The molecule has 0 saturated carbocycles. The van der Waals surface area contributed by atoms with Gasteiger partial charge in [-0.15, -0.1) is 0 Å². The Bertz CT molecular complexity index is 1590. The summed E-state index contributed by atoms with van der Waals surface area (Å²) in [6.45, 7) is 10.2. The van der Waals surface area contributed by atoms with Crippen LogP contribution in [0.1, 0.15) is 165 Å². The second kappa shape index (κ2) is 31.5. The van der Waals surface area contributed by atoms with Crippen LogP contribution in [0.5, 0.6) is 0 Å². The van der Waals surface area contributed by atoms with Crippen LogP contribution in [0.15, 0.2) is 102 Å². The van der Waals surface area contributed by atoms with Gasteiger partial charge in [-0.2, -0.15) is 9.13 Å². The fourth-order valence-electron chi connectivity index (χ4n) is 7.82. The summed E-state index contributed by atoms with van der Waals surface area (Å²) in [5.41, 5.74) is 5.56. The molecule has 3 heterocycles. The Labute approximate surface area is 384 Å². The molecule has 1 aliphatic rings. The number of rotatable bonds is 29. The van der Waals surface area contributed by atoms with Crippen molar-refractivity contribution in [1.82, 2.24) is 5.32 Å². The second-order valence-corrected chi connectivity index (χ2v) is 16.5. The molecule has 0 spiro atoms. The first-order valence-corrected chi connectivity index (χ1v) is 22.9. The molecule has 0 aliphatic carbocycles. The van der Waals surface area contributed by atoms with Crippen LogP contribution < -0.4 is 48.4 Å². The van der Waals surface area contributed by atoms with E-state index in [0.29, 0.717) is 37.4 Å². The number of halogens is 2. The zero-order valence-electron chi connectivity index (χ0n) is 37.3. The topological polar surface area (TPSA) is 72.4 Å². The number of benzene rings is 1. The molecular weight excluding hydrogens is 878 g/mol. The van der Waals surface area contributed by atoms with Crippen molar-refractivity contribution in [1.29, 1.82) is 0 Å². The van der Waals surface area contributed by atoms with Gasteiger partial charge in [-0.25, -0.2) is 9.59 Å². The molecule has 4 rings (SSSR count). The van der Waals surface area contributed by atoms with Gasteiger partial charge in [0, 0.05) is 24.3 Å². The molecule has 0 amide bonds. The van der Waals surface area contributed by atoms with Gasteiger partial charge in [0.25, 0.3) is 0 Å². The molecule has 0 bridgehead atoms. The third kappa shape index (κ3) is 19.2. The molecule has 1 N–H and O–H groups in total. The zero-order valence-corrected chi connectivity index (χ0v) is 40.5. The summed E-state index contributed by atoms with van der Waals surface area (Å²) in [4.78, 5) is 29.0. The maximum absolute atomic E-state index is 14.5. The molecule has 60 heavy (non-hydrogen) atoms. The lowest BCUT2D eigenvalue weighted by atomic mass is 9.80. The third-order valence-corrected chi connectivity index (χ3v) is 11.4. The van der Waals surface area contributed by atoms with Gasteiger partial charge in [0.15, 0.2) is 37.9 Å². The van der Waals surface area contributed by atoms with Crippen LogP contribution in [-0.2, 0) is 32.2 Å². The number of aromatic nitrogens is 2. The number of nitrogens with zero attached hydrogens (tertiary/aromatic N) is 2. The lowest BCUT2D eigenvalue weighted by Crippen LogP contribution is -3.00. The molecule has 0 saturated heterocycles. The quantitative estimate of drug-likeness (QED) is 0.0574. The van der Waals surface area contributed by atoms with Gasteiger partial charge in [-0.05, 0) is 43.4 Å². The van der Waals surface area contributed by atoms with Gasteiger partial charge < -0.3 is 48.8 Å². The molecule has 0 atom stereocenters. The number of nitrogens with one attached hydrogen (secondary N) is 1. The highest BCUT2D eigenvalue weighted by molar-refractivity contribution is 6.00. The number of esters is 2. The van der Waals surface area contributed by atoms with Crippen LogP contribution in [-0.4, -0.2) is 25.2 Å². The number of aryl methyl sites for hydroxylation is 2. The van der Waals surface area contributed by atoms with Crippen molar-refractivity contribution >= 4 is 11.9 Å². The van der Waals surface area contributed by atoms with E-state index in [4.69, 9.17) is 9.47 Å². The van der Waals surface area contributed by atoms with Crippen LogP contribution >= 0.6 is 0 Å². The fraction of sp³-hybridized carbons (Fsp3) is 0.569. The highest BCUT2D eigenvalue weighted by Crippen LogP contribution is 2.40. The molecule has 0 radical (unpaired) electrons. The summed E-state index contributed by atoms with van der Waals surface area (Å²) in [6.07, 6.45) is 32.3. The van der Waals surface area contributed by atoms with Gasteiger partial charge in [-0.3, -0.25) is 0 Å². The zero-order chi connectivity index (χ0) is 41.2. The van der Waals surface area contributed by atoms with Gasteiger partial charge in [-0.1, -0.05) is 160 Å². The fourth-order valence-corrected chi connectivity index (χ4v) is 7.82. The summed E-state index contributed by atoms with van der Waals surface area (Å²) in [6, 6.07) is 18.2. The lowest BCUT2D eigenvalue weighted by molar-refractivity contribution is -0.692. The standard InChI is InChI=1S/C51H74N3O4.2BrH/c1-5-7-9-11-13-15-17-19-21-26-38-57-50(55)48-45(40-53-34-30-42(3)31-35-53)52-46(41-54-36-32-43(4)33-37-54)49(47(48)44-28-24-23-25-29-44)51(56)58-39-27-22-20-18-16-14-12-10-8-6-2;;/h23-25,28-37,47H,5-22,26-27,38-41H2,1-4H3;2*1H/q+1;;/p-1. The van der Waals surface area contributed by atoms with E-state index in [0.717, 1.165) is 66.6 Å². The van der Waals surface area contributed by atoms with E-state index in [-0.39, 0.29) is 45.9 Å². The molecule has 0 unspecified atom stereocenters. The van der Waals surface area contributed by atoms with E-state index < -0.39 is 5.92 Å². The molecule has 3 aromatic rings. The summed E-state index contributed by atoms with van der Waals surface area (Å²) in [7, 11) is 0. The second-order valence-electron chi connectivity index (χ2n) is 16.5. The van der Waals surface area contributed by atoms with E-state index in [2.05, 4.69) is 66.4 Å². The average Bonchev–Trinajstić information content (AvgIpc) is 3.23. The highest BCUT2D eigenvalue weighted by Gasteiger charge is 2.42. The van der Waals surface area contributed by atoms with Crippen molar-refractivity contribution in [2.45, 2.75) is 175 Å². The van der Waals surface area contributed by atoms with E-state index in [9.17, 15) is 9.59 Å². The predicted molar refractivity (Wildman–Crippen MR) is 235 cm³/mol. The predicted octanol–water partition coefficient (Wildman–Crippen LogP) is 5.41. The van der Waals surface area contributed by atoms with Gasteiger partial charge in [0.05, 0.1) is 41.7 Å². The van der Waals surface area contributed by atoms with Crippen LogP contribution in [0, 0.1) is 13.8 Å². The number of hydrogen-bond acceptors (Lipinski definition) is 5. The summed E-state index contributed by atoms with van der Waals surface area (Å²) in [5, 5.41) is 3.64. The summed E-state index contributed by atoms with van der Waals surface area (Å²) < 4.78 is 16.4. The molecule has 0 fully saturated rings. The number of allylic oxidation sites excluding steroid dienone is 2. The van der Waals surface area contributed by atoms with Crippen molar-refractivity contribution < 1.29 is 62.2 Å². The van der Waals surface area contributed by atoms with Crippen LogP contribution in [0.3, 0.4) is 0 Å². The van der Waals surface area contributed by atoms with E-state index in [1.807, 2.05) is 55.1 Å². The minimum absolute atomic E-state index is 0. The van der Waals surface area contributed by atoms with Crippen LogP contribution in [0.2, 0.25) is 0 Å². The van der Waals surface area contributed by atoms with Gasteiger partial charge in [0.1, 0.15) is 0 Å². The number of hydrogen-bond donors (Lipinski definition) is 1. The minimum Gasteiger partial charge on any atom is -1.00 e. The van der Waals surface area contributed by atoms with Crippen molar-refractivity contribution in [2.75, 3.05) is 13.2 Å².